The van der Waals surface area contributed by atoms with Crippen LogP contribution in [-0.2, 0) is 16.1 Å². The Balaban J connectivity index is 1.85. The molecule has 0 spiro atoms. The van der Waals surface area contributed by atoms with Crippen molar-refractivity contribution in [2.24, 2.45) is 0 Å². The Labute approximate surface area is 145 Å². The van der Waals surface area contributed by atoms with E-state index in [0.29, 0.717) is 5.56 Å². The first-order valence-electron chi connectivity index (χ1n) is 6.59. The van der Waals surface area contributed by atoms with Crippen LogP contribution in [0, 0.1) is 5.82 Å². The zero-order chi connectivity index (χ0) is 16.8. The van der Waals surface area contributed by atoms with Gasteiger partial charge in [-0.2, -0.15) is 0 Å². The van der Waals surface area contributed by atoms with Crippen LogP contribution in [-0.4, -0.2) is 18.4 Å². The van der Waals surface area contributed by atoms with Crippen LogP contribution < -0.4 is 5.32 Å². The number of esters is 1. The number of nitrogens with one attached hydrogen (secondary N) is 1. The molecule has 0 heterocycles. The Morgan fingerprint density at radius 1 is 1.22 bits per heavy atom. The Morgan fingerprint density at radius 3 is 2.65 bits per heavy atom. The fourth-order valence-electron chi connectivity index (χ4n) is 1.76. The lowest BCUT2D eigenvalue weighted by atomic mass is 10.2. The summed E-state index contributed by atoms with van der Waals surface area (Å²) in [4.78, 5) is 23.5. The molecule has 0 saturated heterocycles. The van der Waals surface area contributed by atoms with Gasteiger partial charge in [-0.15, -0.1) is 0 Å². The SMILES string of the molecule is O=C(CNC(=O)c1cccc(Br)c1)OCc1c(F)cccc1Cl. The van der Waals surface area contributed by atoms with Gasteiger partial charge in [0.05, 0.1) is 5.02 Å². The highest BCUT2D eigenvalue weighted by molar-refractivity contribution is 9.10. The molecule has 1 N–H and O–H groups in total. The van der Waals surface area contributed by atoms with Gasteiger partial charge in [-0.3, -0.25) is 9.59 Å². The van der Waals surface area contributed by atoms with Crippen molar-refractivity contribution in [2.45, 2.75) is 6.61 Å². The average molecular weight is 401 g/mol. The van der Waals surface area contributed by atoms with Crippen molar-refractivity contribution >= 4 is 39.4 Å². The van der Waals surface area contributed by atoms with Gasteiger partial charge >= 0.3 is 5.97 Å². The van der Waals surface area contributed by atoms with Crippen molar-refractivity contribution in [3.05, 3.63) is 68.9 Å². The summed E-state index contributed by atoms with van der Waals surface area (Å²) in [5, 5.41) is 2.61. The second-order valence-corrected chi connectivity index (χ2v) is 5.88. The fourth-order valence-corrected chi connectivity index (χ4v) is 2.37. The molecule has 2 aromatic carbocycles. The molecule has 0 bridgehead atoms. The summed E-state index contributed by atoms with van der Waals surface area (Å²) in [5.74, 6) is -1.65. The Bertz CT molecular complexity index is 719. The molecule has 0 aliphatic heterocycles. The molecule has 7 heteroatoms. The highest BCUT2D eigenvalue weighted by Gasteiger charge is 2.12. The standard InChI is InChI=1S/C16H12BrClFNO3/c17-11-4-1-3-10(7-11)16(22)20-8-15(21)23-9-12-13(18)5-2-6-14(12)19/h1-7H,8-9H2,(H,20,22). The summed E-state index contributed by atoms with van der Waals surface area (Å²) in [6, 6.07) is 10.9. The minimum Gasteiger partial charge on any atom is -0.459 e. The summed E-state index contributed by atoms with van der Waals surface area (Å²) >= 11 is 9.08. The highest BCUT2D eigenvalue weighted by Crippen LogP contribution is 2.19. The van der Waals surface area contributed by atoms with E-state index in [1.165, 1.54) is 18.2 Å². The second-order valence-electron chi connectivity index (χ2n) is 4.55. The molecule has 2 aromatic rings. The summed E-state index contributed by atoms with van der Waals surface area (Å²) in [7, 11) is 0. The van der Waals surface area contributed by atoms with Gasteiger partial charge in [0.15, 0.2) is 0 Å². The Morgan fingerprint density at radius 2 is 1.96 bits per heavy atom. The molecule has 2 rings (SSSR count). The largest absolute Gasteiger partial charge is 0.459 e. The molecule has 0 radical (unpaired) electrons. The van der Waals surface area contributed by atoms with Crippen LogP contribution in [0.25, 0.3) is 0 Å². The number of carbonyl (C=O) groups is 2. The first kappa shape index (κ1) is 17.4. The van der Waals surface area contributed by atoms with E-state index >= 15 is 0 Å². The summed E-state index contributed by atoms with van der Waals surface area (Å²) in [6.07, 6.45) is 0. The van der Waals surface area contributed by atoms with Crippen molar-refractivity contribution in [1.82, 2.24) is 5.32 Å². The zero-order valence-corrected chi connectivity index (χ0v) is 14.2. The predicted molar refractivity (Wildman–Crippen MR) is 87.7 cm³/mol. The van der Waals surface area contributed by atoms with E-state index in [-0.39, 0.29) is 23.7 Å². The lowest BCUT2D eigenvalue weighted by Gasteiger charge is -2.08. The second kappa shape index (κ2) is 8.08. The molecule has 0 saturated carbocycles. The van der Waals surface area contributed by atoms with Gasteiger partial charge in [0, 0.05) is 15.6 Å². The number of hydrogen-bond acceptors (Lipinski definition) is 3. The smallest absolute Gasteiger partial charge is 0.325 e. The molecule has 120 valence electrons. The first-order chi connectivity index (χ1) is 11.0. The van der Waals surface area contributed by atoms with E-state index in [4.69, 9.17) is 16.3 Å². The van der Waals surface area contributed by atoms with Crippen LogP contribution >= 0.6 is 27.5 Å². The number of benzene rings is 2. The van der Waals surface area contributed by atoms with Crippen molar-refractivity contribution in [3.8, 4) is 0 Å². The van der Waals surface area contributed by atoms with Crippen LogP contribution in [0.1, 0.15) is 15.9 Å². The minimum absolute atomic E-state index is 0.0980. The molecule has 0 aromatic heterocycles. The average Bonchev–Trinajstić information content (AvgIpc) is 2.52. The first-order valence-corrected chi connectivity index (χ1v) is 7.77. The van der Waals surface area contributed by atoms with Crippen LogP contribution in [0.15, 0.2) is 46.9 Å². The molecule has 0 aliphatic rings. The summed E-state index contributed by atoms with van der Waals surface area (Å²) in [5.41, 5.74) is 0.505. The third kappa shape index (κ3) is 5.04. The monoisotopic (exact) mass is 399 g/mol. The lowest BCUT2D eigenvalue weighted by molar-refractivity contribution is -0.143. The number of ether oxygens (including phenoxy) is 1. The van der Waals surface area contributed by atoms with Crippen LogP contribution in [0.3, 0.4) is 0 Å². The molecule has 0 fully saturated rings. The Hall–Kier alpha value is -1.92. The van der Waals surface area contributed by atoms with E-state index in [1.807, 2.05) is 0 Å². The predicted octanol–water partition coefficient (Wildman–Crippen LogP) is 3.71. The summed E-state index contributed by atoms with van der Waals surface area (Å²) < 4.78 is 19.2. The molecule has 4 nitrogen and oxygen atoms in total. The van der Waals surface area contributed by atoms with Crippen LogP contribution in [0.2, 0.25) is 5.02 Å². The summed E-state index contributed by atoms with van der Waals surface area (Å²) in [6.45, 7) is -0.617. The van der Waals surface area contributed by atoms with Crippen molar-refractivity contribution in [3.63, 3.8) is 0 Å². The number of hydrogen-bond donors (Lipinski definition) is 1. The van der Waals surface area contributed by atoms with Gasteiger partial charge in [0.1, 0.15) is 19.0 Å². The highest BCUT2D eigenvalue weighted by atomic mass is 79.9. The van der Waals surface area contributed by atoms with Crippen molar-refractivity contribution in [1.29, 1.82) is 0 Å². The van der Waals surface area contributed by atoms with Crippen LogP contribution in [0.4, 0.5) is 4.39 Å². The van der Waals surface area contributed by atoms with Crippen LogP contribution in [0.5, 0.6) is 0 Å². The molecular formula is C16H12BrClFNO3. The zero-order valence-electron chi connectivity index (χ0n) is 11.8. The fraction of sp³-hybridized carbons (Fsp3) is 0.125. The van der Waals surface area contributed by atoms with E-state index in [2.05, 4.69) is 21.2 Å². The molecule has 0 atom stereocenters. The quantitative estimate of drug-likeness (QED) is 0.779. The normalized spacial score (nSPS) is 10.2. The number of amides is 1. The third-order valence-electron chi connectivity index (χ3n) is 2.92. The molecule has 0 unspecified atom stereocenters. The number of rotatable bonds is 5. The maximum absolute atomic E-state index is 13.5. The third-order valence-corrected chi connectivity index (χ3v) is 3.77. The van der Waals surface area contributed by atoms with Crippen molar-refractivity contribution in [2.75, 3.05) is 6.54 Å². The Kier molecular flexibility index (Phi) is 6.12. The van der Waals surface area contributed by atoms with Gasteiger partial charge < -0.3 is 10.1 Å². The lowest BCUT2D eigenvalue weighted by Crippen LogP contribution is -2.30. The maximum Gasteiger partial charge on any atom is 0.325 e. The molecular weight excluding hydrogens is 389 g/mol. The molecule has 0 aliphatic carbocycles. The number of halogens is 3. The molecule has 23 heavy (non-hydrogen) atoms. The van der Waals surface area contributed by atoms with E-state index in [9.17, 15) is 14.0 Å². The minimum atomic E-state index is -0.687. The van der Waals surface area contributed by atoms with E-state index in [0.717, 1.165) is 4.47 Å². The van der Waals surface area contributed by atoms with Gasteiger partial charge in [-0.1, -0.05) is 39.7 Å². The topological polar surface area (TPSA) is 55.4 Å². The molecule has 1 amide bonds. The van der Waals surface area contributed by atoms with Gasteiger partial charge in [-0.25, -0.2) is 4.39 Å². The maximum atomic E-state index is 13.5. The van der Waals surface area contributed by atoms with E-state index in [1.54, 1.807) is 24.3 Å². The number of carbonyl (C=O) groups excluding carboxylic acids is 2. The van der Waals surface area contributed by atoms with Gasteiger partial charge in [-0.05, 0) is 30.3 Å². The van der Waals surface area contributed by atoms with Gasteiger partial charge in [0.2, 0.25) is 0 Å². The van der Waals surface area contributed by atoms with Crippen molar-refractivity contribution < 1.29 is 18.7 Å². The van der Waals surface area contributed by atoms with E-state index < -0.39 is 17.7 Å². The van der Waals surface area contributed by atoms with Gasteiger partial charge in [0.25, 0.3) is 5.91 Å².